The summed E-state index contributed by atoms with van der Waals surface area (Å²) >= 11 is 0. The Kier molecular flexibility index (Phi) is 4.25. The summed E-state index contributed by atoms with van der Waals surface area (Å²) < 4.78 is 5.59. The first-order valence-corrected chi connectivity index (χ1v) is 9.43. The lowest BCUT2D eigenvalue weighted by atomic mass is 9.83. The fraction of sp³-hybridized carbons (Fsp3) is 0.650. The number of hydrogen-bond donors (Lipinski definition) is 2. The van der Waals surface area contributed by atoms with Crippen LogP contribution in [-0.2, 0) is 0 Å². The number of anilines is 1. The van der Waals surface area contributed by atoms with Crippen LogP contribution in [0.2, 0.25) is 0 Å². The van der Waals surface area contributed by atoms with Crippen molar-refractivity contribution < 1.29 is 9.53 Å². The summed E-state index contributed by atoms with van der Waals surface area (Å²) in [5.74, 6) is 3.58. The molecule has 5 atom stereocenters. The molecular weight excluding hydrogens is 300 g/mol. The van der Waals surface area contributed by atoms with Crippen LogP contribution >= 0.6 is 0 Å². The van der Waals surface area contributed by atoms with Gasteiger partial charge >= 0.3 is 0 Å². The summed E-state index contributed by atoms with van der Waals surface area (Å²) in [5, 5.41) is 6.89. The highest BCUT2D eigenvalue weighted by molar-refractivity contribution is 6.01. The molecule has 1 heterocycles. The van der Waals surface area contributed by atoms with Crippen molar-refractivity contribution in [1.29, 1.82) is 0 Å². The molecule has 4 nitrogen and oxygen atoms in total. The topological polar surface area (TPSA) is 50.4 Å². The lowest BCUT2D eigenvalue weighted by Gasteiger charge is -2.30. The standard InChI is InChI=1S/C20H28N2O2/c1-12(17-10-14-3-4-15(17)9-14)22-13(2)20(23)16-5-6-19-18(11-16)21-7-8-24-19/h5-6,11-15,17,21-22H,3-4,7-10H2,1-2H3. The van der Waals surface area contributed by atoms with Gasteiger partial charge in [0.15, 0.2) is 5.78 Å². The molecule has 0 saturated heterocycles. The normalized spacial score (nSPS) is 30.2. The number of fused-ring (bicyclic) bond motifs is 3. The van der Waals surface area contributed by atoms with Gasteiger partial charge in [-0.3, -0.25) is 4.79 Å². The van der Waals surface area contributed by atoms with Crippen molar-refractivity contribution in [1.82, 2.24) is 5.32 Å². The predicted octanol–water partition coefficient (Wildman–Crippen LogP) is 3.48. The Labute approximate surface area is 144 Å². The van der Waals surface area contributed by atoms with Crippen molar-refractivity contribution in [2.45, 2.75) is 51.6 Å². The Morgan fingerprint density at radius 2 is 2.17 bits per heavy atom. The fourth-order valence-corrected chi connectivity index (χ4v) is 5.04. The zero-order chi connectivity index (χ0) is 16.7. The molecule has 4 rings (SSSR count). The molecule has 24 heavy (non-hydrogen) atoms. The van der Waals surface area contributed by atoms with Crippen LogP contribution in [0, 0.1) is 17.8 Å². The van der Waals surface area contributed by atoms with Crippen molar-refractivity contribution in [3.63, 3.8) is 0 Å². The highest BCUT2D eigenvalue weighted by atomic mass is 16.5. The highest BCUT2D eigenvalue weighted by Crippen LogP contribution is 2.49. The van der Waals surface area contributed by atoms with E-state index in [2.05, 4.69) is 17.6 Å². The van der Waals surface area contributed by atoms with Gasteiger partial charge in [-0.1, -0.05) is 6.42 Å². The highest BCUT2D eigenvalue weighted by Gasteiger charge is 2.42. The number of carbonyl (C=O) groups excluding carboxylic acids is 1. The summed E-state index contributed by atoms with van der Waals surface area (Å²) in [5.41, 5.74) is 1.69. The van der Waals surface area contributed by atoms with Crippen molar-refractivity contribution in [2.75, 3.05) is 18.5 Å². The summed E-state index contributed by atoms with van der Waals surface area (Å²) in [6, 6.07) is 5.98. The molecule has 0 amide bonds. The molecule has 2 saturated carbocycles. The number of nitrogens with one attached hydrogen (secondary N) is 2. The molecule has 5 unspecified atom stereocenters. The first-order chi connectivity index (χ1) is 11.6. The number of Topliss-reactive ketones (excluding diaryl/α,β-unsaturated/α-hetero) is 1. The first-order valence-electron chi connectivity index (χ1n) is 9.43. The van der Waals surface area contributed by atoms with E-state index in [-0.39, 0.29) is 11.8 Å². The Hall–Kier alpha value is -1.55. The lowest BCUT2D eigenvalue weighted by molar-refractivity contribution is 0.0934. The smallest absolute Gasteiger partial charge is 0.179 e. The Balaban J connectivity index is 1.40. The third-order valence-electron chi connectivity index (χ3n) is 6.28. The Morgan fingerprint density at radius 1 is 1.29 bits per heavy atom. The van der Waals surface area contributed by atoms with Crippen molar-refractivity contribution in [2.24, 2.45) is 17.8 Å². The molecule has 2 N–H and O–H groups in total. The van der Waals surface area contributed by atoms with E-state index in [0.717, 1.165) is 41.3 Å². The van der Waals surface area contributed by atoms with Crippen LogP contribution in [-0.4, -0.2) is 31.0 Å². The number of hydrogen-bond acceptors (Lipinski definition) is 4. The average molecular weight is 328 g/mol. The van der Waals surface area contributed by atoms with Gasteiger partial charge in [0.05, 0.1) is 11.7 Å². The van der Waals surface area contributed by atoms with Gasteiger partial charge < -0.3 is 15.4 Å². The van der Waals surface area contributed by atoms with Gasteiger partial charge in [0.1, 0.15) is 12.4 Å². The molecule has 0 spiro atoms. The van der Waals surface area contributed by atoms with Gasteiger partial charge in [0, 0.05) is 18.2 Å². The van der Waals surface area contributed by atoms with E-state index in [1.807, 2.05) is 25.1 Å². The van der Waals surface area contributed by atoms with E-state index in [9.17, 15) is 4.79 Å². The maximum atomic E-state index is 12.8. The molecule has 1 aromatic carbocycles. The maximum absolute atomic E-state index is 12.8. The van der Waals surface area contributed by atoms with Gasteiger partial charge in [-0.15, -0.1) is 0 Å². The predicted molar refractivity (Wildman–Crippen MR) is 95.8 cm³/mol. The summed E-state index contributed by atoms with van der Waals surface area (Å²) in [4.78, 5) is 12.8. The quantitative estimate of drug-likeness (QED) is 0.813. The van der Waals surface area contributed by atoms with Crippen molar-refractivity contribution in [3.8, 4) is 5.75 Å². The molecule has 1 aliphatic heterocycles. The molecule has 0 radical (unpaired) electrons. The molecule has 130 valence electrons. The van der Waals surface area contributed by atoms with Crippen LogP contribution < -0.4 is 15.4 Å². The Bertz CT molecular complexity index is 630. The summed E-state index contributed by atoms with van der Waals surface area (Å²) in [6.45, 7) is 5.73. The summed E-state index contributed by atoms with van der Waals surface area (Å²) in [6.07, 6.45) is 5.57. The van der Waals surface area contributed by atoms with Crippen LogP contribution in [0.15, 0.2) is 18.2 Å². The second kappa shape index (κ2) is 6.40. The van der Waals surface area contributed by atoms with E-state index >= 15 is 0 Å². The van der Waals surface area contributed by atoms with Crippen LogP contribution in [0.3, 0.4) is 0 Å². The molecule has 3 aliphatic rings. The number of ketones is 1. The zero-order valence-corrected chi connectivity index (χ0v) is 14.7. The van der Waals surface area contributed by atoms with E-state index in [1.54, 1.807) is 0 Å². The van der Waals surface area contributed by atoms with E-state index in [4.69, 9.17) is 4.74 Å². The minimum atomic E-state index is -0.151. The van der Waals surface area contributed by atoms with Gasteiger partial charge in [0.25, 0.3) is 0 Å². The largest absolute Gasteiger partial charge is 0.490 e. The molecule has 2 fully saturated rings. The Morgan fingerprint density at radius 3 is 2.92 bits per heavy atom. The number of benzene rings is 1. The van der Waals surface area contributed by atoms with Crippen LogP contribution in [0.5, 0.6) is 5.75 Å². The first kappa shape index (κ1) is 15.9. The minimum Gasteiger partial charge on any atom is -0.490 e. The van der Waals surface area contributed by atoms with Crippen LogP contribution in [0.25, 0.3) is 0 Å². The van der Waals surface area contributed by atoms with Crippen molar-refractivity contribution in [3.05, 3.63) is 23.8 Å². The minimum absolute atomic E-state index is 0.151. The van der Waals surface area contributed by atoms with Gasteiger partial charge in [-0.05, 0) is 69.1 Å². The maximum Gasteiger partial charge on any atom is 0.179 e. The molecular formula is C20H28N2O2. The molecule has 2 bridgehead atoms. The SMILES string of the molecule is CC(NC(C)C1CC2CCC1C2)C(=O)c1ccc2c(c1)NCCO2. The van der Waals surface area contributed by atoms with Gasteiger partial charge in [-0.2, -0.15) is 0 Å². The van der Waals surface area contributed by atoms with E-state index < -0.39 is 0 Å². The summed E-state index contributed by atoms with van der Waals surface area (Å²) in [7, 11) is 0. The van der Waals surface area contributed by atoms with Crippen LogP contribution in [0.1, 0.15) is 49.9 Å². The zero-order valence-electron chi connectivity index (χ0n) is 14.7. The fourth-order valence-electron chi connectivity index (χ4n) is 5.04. The lowest BCUT2D eigenvalue weighted by Crippen LogP contribution is -2.44. The third kappa shape index (κ3) is 2.92. The van der Waals surface area contributed by atoms with E-state index in [0.29, 0.717) is 12.6 Å². The molecule has 0 aromatic heterocycles. The third-order valence-corrected chi connectivity index (χ3v) is 6.28. The van der Waals surface area contributed by atoms with Crippen molar-refractivity contribution >= 4 is 11.5 Å². The molecule has 4 heteroatoms. The second-order valence-electron chi connectivity index (χ2n) is 7.87. The van der Waals surface area contributed by atoms with Gasteiger partial charge in [-0.25, -0.2) is 0 Å². The number of rotatable bonds is 5. The molecule has 1 aromatic rings. The number of ether oxygens (including phenoxy) is 1. The monoisotopic (exact) mass is 328 g/mol. The second-order valence-corrected chi connectivity index (χ2v) is 7.87. The molecule has 2 aliphatic carbocycles. The van der Waals surface area contributed by atoms with E-state index in [1.165, 1.54) is 25.7 Å². The van der Waals surface area contributed by atoms with Crippen LogP contribution in [0.4, 0.5) is 5.69 Å². The number of carbonyl (C=O) groups is 1. The average Bonchev–Trinajstić information content (AvgIpc) is 3.24. The van der Waals surface area contributed by atoms with Gasteiger partial charge in [0.2, 0.25) is 0 Å².